The molecule has 1 unspecified atom stereocenters. The van der Waals surface area contributed by atoms with Crippen LogP contribution in [-0.4, -0.2) is 53.7 Å². The van der Waals surface area contributed by atoms with Crippen LogP contribution in [-0.2, 0) is 15.6 Å². The highest BCUT2D eigenvalue weighted by Gasteiger charge is 2.50. The van der Waals surface area contributed by atoms with Crippen LogP contribution in [0.3, 0.4) is 0 Å². The van der Waals surface area contributed by atoms with Crippen LogP contribution in [0.5, 0.6) is 5.75 Å². The topological polar surface area (TPSA) is 95.5 Å². The fourth-order valence-electron chi connectivity index (χ4n) is 5.11. The van der Waals surface area contributed by atoms with Crippen LogP contribution in [0.25, 0.3) is 10.9 Å². The van der Waals surface area contributed by atoms with Crippen molar-refractivity contribution in [2.45, 2.75) is 29.9 Å². The van der Waals surface area contributed by atoms with Gasteiger partial charge >= 0.3 is 15.5 Å². The van der Waals surface area contributed by atoms with E-state index in [9.17, 15) is 26.7 Å². The van der Waals surface area contributed by atoms with Crippen LogP contribution in [0.4, 0.5) is 13.2 Å². The first-order chi connectivity index (χ1) is 18.4. The number of methoxy groups -OCH3 is 1. The van der Waals surface area contributed by atoms with Crippen molar-refractivity contribution in [1.82, 2.24) is 14.5 Å². The van der Waals surface area contributed by atoms with E-state index in [4.69, 9.17) is 16.3 Å². The van der Waals surface area contributed by atoms with Crippen LogP contribution >= 0.6 is 11.6 Å². The molecule has 7 nitrogen and oxygen atoms in total. The predicted molar refractivity (Wildman–Crippen MR) is 141 cm³/mol. The molecule has 206 valence electrons. The molecule has 1 saturated heterocycles. The molecule has 0 spiro atoms. The van der Waals surface area contributed by atoms with Crippen molar-refractivity contribution in [2.24, 2.45) is 0 Å². The van der Waals surface area contributed by atoms with E-state index in [-0.39, 0.29) is 31.8 Å². The molecule has 1 aromatic heterocycles. The summed E-state index contributed by atoms with van der Waals surface area (Å²) in [6.45, 7) is -0.526. The molecular formula is C27H25ClF3N3O4S. The zero-order chi connectivity index (χ0) is 28.0. The number of halogens is 4. The maximum atomic E-state index is 13.0. The molecule has 3 aromatic carbocycles. The number of fused-ring (bicyclic) bond motifs is 1. The molecule has 4 aromatic rings. The van der Waals surface area contributed by atoms with Gasteiger partial charge in [0, 0.05) is 29.4 Å². The molecule has 5 rings (SSSR count). The lowest BCUT2D eigenvalue weighted by molar-refractivity contribution is -0.0494. The van der Waals surface area contributed by atoms with Crippen LogP contribution in [0, 0.1) is 0 Å². The molecule has 39 heavy (non-hydrogen) atoms. The third-order valence-corrected chi connectivity index (χ3v) is 9.13. The first-order valence-electron chi connectivity index (χ1n) is 12.1. The van der Waals surface area contributed by atoms with Crippen molar-refractivity contribution in [3.05, 3.63) is 94.1 Å². The van der Waals surface area contributed by atoms with Crippen LogP contribution in [0.1, 0.15) is 41.1 Å². The number of aromatic nitrogens is 2. The number of nitrogens with one attached hydrogen (secondary N) is 1. The normalized spacial score (nSPS) is 17.3. The fourth-order valence-corrected chi connectivity index (χ4v) is 6.22. The number of hydrogen-bond donors (Lipinski definition) is 2. The van der Waals surface area contributed by atoms with E-state index in [0.29, 0.717) is 48.4 Å². The largest absolute Gasteiger partial charge is 0.511 e. The second-order valence-electron chi connectivity index (χ2n) is 9.44. The van der Waals surface area contributed by atoms with E-state index in [2.05, 4.69) is 10.2 Å². The second kappa shape index (κ2) is 10.1. The molecule has 0 radical (unpaired) electrons. The SMILES string of the molecule is COc1ccc(C(O)(c2ccc(Cl)cc2)c2ccc3[nH]nc(C4CCN(S(=O)(=O)C(F)(F)F)CC4)c3c2)cc1. The zero-order valence-corrected chi connectivity index (χ0v) is 22.3. The van der Waals surface area contributed by atoms with E-state index in [0.717, 1.165) is 0 Å². The predicted octanol–water partition coefficient (Wildman–Crippen LogP) is 5.54. The molecule has 12 heteroatoms. The fraction of sp³-hybridized carbons (Fsp3) is 0.296. The third kappa shape index (κ3) is 4.88. The highest BCUT2D eigenvalue weighted by molar-refractivity contribution is 7.90. The van der Waals surface area contributed by atoms with Gasteiger partial charge in [-0.1, -0.05) is 41.9 Å². The van der Waals surface area contributed by atoms with Crippen LogP contribution in [0.15, 0.2) is 66.7 Å². The Morgan fingerprint density at radius 3 is 2.10 bits per heavy atom. The molecule has 1 fully saturated rings. The maximum absolute atomic E-state index is 13.0. The monoisotopic (exact) mass is 579 g/mol. The number of hydrogen-bond acceptors (Lipinski definition) is 5. The summed E-state index contributed by atoms with van der Waals surface area (Å²) in [7, 11) is -3.82. The summed E-state index contributed by atoms with van der Waals surface area (Å²) in [5, 5.41) is 20.9. The Balaban J connectivity index is 1.53. The van der Waals surface area contributed by atoms with Crippen LogP contribution in [0.2, 0.25) is 5.02 Å². The number of benzene rings is 3. The Morgan fingerprint density at radius 2 is 1.54 bits per heavy atom. The summed E-state index contributed by atoms with van der Waals surface area (Å²) >= 11 is 6.11. The lowest BCUT2D eigenvalue weighted by Crippen LogP contribution is -2.44. The van der Waals surface area contributed by atoms with Gasteiger partial charge in [-0.15, -0.1) is 0 Å². The highest BCUT2D eigenvalue weighted by Crippen LogP contribution is 2.41. The molecule has 1 atom stereocenters. The van der Waals surface area contributed by atoms with E-state index < -0.39 is 21.1 Å². The lowest BCUT2D eigenvalue weighted by Gasteiger charge is -2.31. The molecule has 0 aliphatic carbocycles. The average Bonchev–Trinajstić information content (AvgIpc) is 3.36. The van der Waals surface area contributed by atoms with Crippen molar-refractivity contribution in [3.8, 4) is 5.75 Å². The highest BCUT2D eigenvalue weighted by atomic mass is 35.5. The summed E-state index contributed by atoms with van der Waals surface area (Å²) in [6.07, 6.45) is 0.360. The van der Waals surface area contributed by atoms with Crippen molar-refractivity contribution in [1.29, 1.82) is 0 Å². The van der Waals surface area contributed by atoms with E-state index >= 15 is 0 Å². The summed E-state index contributed by atoms with van der Waals surface area (Å²) in [6, 6.07) is 19.3. The minimum absolute atomic E-state index is 0.180. The number of aliphatic hydroxyl groups is 1. The van der Waals surface area contributed by atoms with Crippen molar-refractivity contribution >= 4 is 32.5 Å². The smallest absolute Gasteiger partial charge is 0.497 e. The van der Waals surface area contributed by atoms with Gasteiger partial charge in [-0.05, 0) is 65.9 Å². The first-order valence-corrected chi connectivity index (χ1v) is 13.9. The summed E-state index contributed by atoms with van der Waals surface area (Å²) in [5.74, 6) is 0.363. The minimum Gasteiger partial charge on any atom is -0.497 e. The standard InChI is InChI=1S/C27H25ClF3N3O4S/c1-38-22-9-4-19(5-10-22)26(35,18-2-7-21(28)8-3-18)20-6-11-24-23(16-20)25(33-32-24)17-12-14-34(15-13-17)39(36,37)27(29,30)31/h2-11,16-17,35H,12-15H2,1H3,(H,32,33). The summed E-state index contributed by atoms with van der Waals surface area (Å²) < 4.78 is 68.5. The Morgan fingerprint density at radius 1 is 0.974 bits per heavy atom. The molecular weight excluding hydrogens is 555 g/mol. The van der Waals surface area contributed by atoms with E-state index in [1.807, 2.05) is 6.07 Å². The number of piperidine rings is 1. The first kappa shape index (κ1) is 27.4. The third-order valence-electron chi connectivity index (χ3n) is 7.25. The van der Waals surface area contributed by atoms with Gasteiger partial charge in [0.1, 0.15) is 11.4 Å². The minimum atomic E-state index is -5.38. The van der Waals surface area contributed by atoms with Crippen molar-refractivity contribution < 1.29 is 31.4 Å². The van der Waals surface area contributed by atoms with Gasteiger partial charge in [0.15, 0.2) is 0 Å². The summed E-state index contributed by atoms with van der Waals surface area (Å²) in [4.78, 5) is 0. The number of sulfonamides is 1. The number of aromatic amines is 1. The lowest BCUT2D eigenvalue weighted by atomic mass is 9.79. The zero-order valence-electron chi connectivity index (χ0n) is 20.7. The average molecular weight is 580 g/mol. The molecule has 2 N–H and O–H groups in total. The molecule has 0 saturated carbocycles. The van der Waals surface area contributed by atoms with Crippen molar-refractivity contribution in [3.63, 3.8) is 0 Å². The van der Waals surface area contributed by atoms with Gasteiger partial charge in [0.25, 0.3) is 0 Å². The molecule has 1 aliphatic rings. The van der Waals surface area contributed by atoms with Gasteiger partial charge in [-0.2, -0.15) is 22.6 Å². The summed E-state index contributed by atoms with van der Waals surface area (Å²) in [5.41, 5.74) is -3.91. The maximum Gasteiger partial charge on any atom is 0.511 e. The molecule has 2 heterocycles. The Labute approximate surface area is 228 Å². The van der Waals surface area contributed by atoms with E-state index in [1.165, 1.54) is 0 Å². The molecule has 0 amide bonds. The van der Waals surface area contributed by atoms with Gasteiger partial charge < -0.3 is 9.84 Å². The van der Waals surface area contributed by atoms with Gasteiger partial charge in [-0.3, -0.25) is 5.10 Å². The van der Waals surface area contributed by atoms with Gasteiger partial charge in [0.05, 0.1) is 18.3 Å². The van der Waals surface area contributed by atoms with Gasteiger partial charge in [-0.25, -0.2) is 8.42 Å². The molecule has 1 aliphatic heterocycles. The Hall–Kier alpha value is -3.12. The number of ether oxygens (including phenoxy) is 1. The number of H-pyrrole nitrogens is 1. The Kier molecular flexibility index (Phi) is 7.13. The number of nitrogens with zero attached hydrogens (tertiary/aromatic N) is 2. The second-order valence-corrected chi connectivity index (χ2v) is 11.8. The van der Waals surface area contributed by atoms with Crippen LogP contribution < -0.4 is 4.74 Å². The number of rotatable bonds is 6. The number of alkyl halides is 3. The Bertz CT molecular complexity index is 1580. The molecule has 0 bridgehead atoms. The van der Waals surface area contributed by atoms with E-state index in [1.54, 1.807) is 67.8 Å². The van der Waals surface area contributed by atoms with Gasteiger partial charge in [0.2, 0.25) is 0 Å². The van der Waals surface area contributed by atoms with Crippen molar-refractivity contribution in [2.75, 3.05) is 20.2 Å². The quantitative estimate of drug-likeness (QED) is 0.293.